The zero-order chi connectivity index (χ0) is 15.1. The Morgan fingerprint density at radius 1 is 1.19 bits per heavy atom. The standard InChI is InChI=1S/C18H24N2O/c1-3-17(19)18(15-8-6-7-14(2)13-15)21-12-10-16-9-4-5-11-20-16/h4-9,11,13,17-18H,3,10,12,19H2,1-2H3. The molecule has 3 nitrogen and oxygen atoms in total. The van der Waals surface area contributed by atoms with Crippen molar-refractivity contribution < 1.29 is 4.74 Å². The zero-order valence-electron chi connectivity index (χ0n) is 12.8. The van der Waals surface area contributed by atoms with E-state index in [2.05, 4.69) is 43.1 Å². The molecule has 1 aromatic heterocycles. The Labute approximate surface area is 127 Å². The number of hydrogen-bond acceptors (Lipinski definition) is 3. The second-order valence-electron chi connectivity index (χ2n) is 5.35. The molecule has 21 heavy (non-hydrogen) atoms. The molecule has 1 heterocycles. The summed E-state index contributed by atoms with van der Waals surface area (Å²) >= 11 is 0. The van der Waals surface area contributed by atoms with Crippen molar-refractivity contribution in [3.8, 4) is 0 Å². The molecular weight excluding hydrogens is 260 g/mol. The molecule has 0 aliphatic heterocycles. The summed E-state index contributed by atoms with van der Waals surface area (Å²) < 4.78 is 6.07. The summed E-state index contributed by atoms with van der Waals surface area (Å²) in [4.78, 5) is 4.32. The van der Waals surface area contributed by atoms with Gasteiger partial charge >= 0.3 is 0 Å². The Morgan fingerprint density at radius 3 is 2.71 bits per heavy atom. The lowest BCUT2D eigenvalue weighted by atomic mass is 9.99. The summed E-state index contributed by atoms with van der Waals surface area (Å²) in [6.07, 6.45) is 3.45. The minimum atomic E-state index is -0.0568. The van der Waals surface area contributed by atoms with Gasteiger partial charge in [-0.1, -0.05) is 42.8 Å². The van der Waals surface area contributed by atoms with Crippen LogP contribution in [-0.2, 0) is 11.2 Å². The van der Waals surface area contributed by atoms with Crippen molar-refractivity contribution in [1.82, 2.24) is 4.98 Å². The molecule has 0 amide bonds. The van der Waals surface area contributed by atoms with Crippen LogP contribution in [0.25, 0.3) is 0 Å². The Hall–Kier alpha value is -1.71. The third-order valence-corrected chi connectivity index (χ3v) is 3.61. The summed E-state index contributed by atoms with van der Waals surface area (Å²) in [5.41, 5.74) is 9.67. The molecule has 2 rings (SSSR count). The molecule has 2 unspecified atom stereocenters. The van der Waals surface area contributed by atoms with Crippen LogP contribution in [-0.4, -0.2) is 17.6 Å². The number of ether oxygens (including phenoxy) is 1. The van der Waals surface area contributed by atoms with Gasteiger partial charge in [0.1, 0.15) is 0 Å². The molecule has 0 fully saturated rings. The van der Waals surface area contributed by atoms with Crippen molar-refractivity contribution in [1.29, 1.82) is 0 Å². The van der Waals surface area contributed by atoms with E-state index in [4.69, 9.17) is 10.5 Å². The van der Waals surface area contributed by atoms with Crippen LogP contribution in [0.15, 0.2) is 48.7 Å². The lowest BCUT2D eigenvalue weighted by Crippen LogP contribution is -2.30. The number of benzene rings is 1. The molecule has 2 aromatic rings. The van der Waals surface area contributed by atoms with E-state index >= 15 is 0 Å². The van der Waals surface area contributed by atoms with Crippen LogP contribution >= 0.6 is 0 Å². The normalized spacial score (nSPS) is 13.9. The van der Waals surface area contributed by atoms with Crippen LogP contribution in [0.2, 0.25) is 0 Å². The van der Waals surface area contributed by atoms with E-state index < -0.39 is 0 Å². The predicted octanol–water partition coefficient (Wildman–Crippen LogP) is 3.43. The number of nitrogens with zero attached hydrogens (tertiary/aromatic N) is 1. The molecule has 0 radical (unpaired) electrons. The average molecular weight is 284 g/mol. The molecule has 0 aliphatic carbocycles. The SMILES string of the molecule is CCC(N)C(OCCc1ccccn1)c1cccc(C)c1. The third kappa shape index (κ3) is 4.66. The molecule has 0 saturated carbocycles. The number of hydrogen-bond donors (Lipinski definition) is 1. The molecule has 2 N–H and O–H groups in total. The Morgan fingerprint density at radius 2 is 2.05 bits per heavy atom. The van der Waals surface area contributed by atoms with E-state index in [1.54, 1.807) is 0 Å². The van der Waals surface area contributed by atoms with Crippen molar-refractivity contribution in [2.24, 2.45) is 5.73 Å². The molecule has 0 saturated heterocycles. The molecule has 2 atom stereocenters. The van der Waals surface area contributed by atoms with Gasteiger partial charge in [-0.3, -0.25) is 4.98 Å². The molecule has 3 heteroatoms. The lowest BCUT2D eigenvalue weighted by molar-refractivity contribution is 0.0350. The van der Waals surface area contributed by atoms with Crippen molar-refractivity contribution in [3.63, 3.8) is 0 Å². The Kier molecular flexibility index (Phi) is 5.90. The highest BCUT2D eigenvalue weighted by molar-refractivity contribution is 5.25. The largest absolute Gasteiger partial charge is 0.371 e. The van der Waals surface area contributed by atoms with E-state index in [1.165, 1.54) is 5.56 Å². The fraction of sp³-hybridized carbons (Fsp3) is 0.389. The van der Waals surface area contributed by atoms with Gasteiger partial charge in [0, 0.05) is 24.4 Å². The second kappa shape index (κ2) is 7.91. The number of aryl methyl sites for hydroxylation is 1. The highest BCUT2D eigenvalue weighted by Gasteiger charge is 2.19. The van der Waals surface area contributed by atoms with Gasteiger partial charge in [-0.25, -0.2) is 0 Å². The van der Waals surface area contributed by atoms with Crippen LogP contribution in [0.3, 0.4) is 0 Å². The first-order chi connectivity index (χ1) is 10.2. The highest BCUT2D eigenvalue weighted by atomic mass is 16.5. The highest BCUT2D eigenvalue weighted by Crippen LogP contribution is 2.23. The van der Waals surface area contributed by atoms with E-state index in [0.29, 0.717) is 6.61 Å². The summed E-state index contributed by atoms with van der Waals surface area (Å²) in [7, 11) is 0. The van der Waals surface area contributed by atoms with Crippen molar-refractivity contribution in [2.45, 2.75) is 38.8 Å². The Bertz CT molecular complexity index is 542. The molecule has 0 aliphatic rings. The van der Waals surface area contributed by atoms with Gasteiger partial charge in [-0.2, -0.15) is 0 Å². The topological polar surface area (TPSA) is 48.1 Å². The van der Waals surface area contributed by atoms with Crippen LogP contribution in [0.4, 0.5) is 0 Å². The second-order valence-corrected chi connectivity index (χ2v) is 5.35. The van der Waals surface area contributed by atoms with Gasteiger partial charge in [-0.15, -0.1) is 0 Å². The number of pyridine rings is 1. The van der Waals surface area contributed by atoms with Gasteiger partial charge in [-0.05, 0) is 31.0 Å². The van der Waals surface area contributed by atoms with Gasteiger partial charge < -0.3 is 10.5 Å². The minimum absolute atomic E-state index is 0.00975. The lowest BCUT2D eigenvalue weighted by Gasteiger charge is -2.24. The minimum Gasteiger partial charge on any atom is -0.371 e. The third-order valence-electron chi connectivity index (χ3n) is 3.61. The first kappa shape index (κ1) is 15.7. The van der Waals surface area contributed by atoms with E-state index in [1.807, 2.05) is 24.4 Å². The average Bonchev–Trinajstić information content (AvgIpc) is 2.52. The zero-order valence-corrected chi connectivity index (χ0v) is 12.8. The predicted molar refractivity (Wildman–Crippen MR) is 86.1 cm³/mol. The fourth-order valence-corrected chi connectivity index (χ4v) is 2.36. The number of aromatic nitrogens is 1. The van der Waals surface area contributed by atoms with Crippen LogP contribution in [0.1, 0.15) is 36.3 Å². The monoisotopic (exact) mass is 284 g/mol. The smallest absolute Gasteiger partial charge is 0.0975 e. The maximum Gasteiger partial charge on any atom is 0.0975 e. The molecular formula is C18H24N2O. The number of rotatable bonds is 7. The van der Waals surface area contributed by atoms with E-state index in [-0.39, 0.29) is 12.1 Å². The van der Waals surface area contributed by atoms with Crippen molar-refractivity contribution in [2.75, 3.05) is 6.61 Å². The molecule has 112 valence electrons. The maximum absolute atomic E-state index is 6.24. The first-order valence-corrected chi connectivity index (χ1v) is 7.54. The summed E-state index contributed by atoms with van der Waals surface area (Å²) in [5.74, 6) is 0. The summed E-state index contributed by atoms with van der Waals surface area (Å²) in [6, 6.07) is 14.3. The summed E-state index contributed by atoms with van der Waals surface area (Å²) in [5, 5.41) is 0. The molecule has 0 spiro atoms. The van der Waals surface area contributed by atoms with Gasteiger partial charge in [0.15, 0.2) is 0 Å². The quantitative estimate of drug-likeness (QED) is 0.847. The van der Waals surface area contributed by atoms with Crippen LogP contribution in [0, 0.1) is 6.92 Å². The van der Waals surface area contributed by atoms with Crippen molar-refractivity contribution in [3.05, 3.63) is 65.5 Å². The van der Waals surface area contributed by atoms with Crippen LogP contribution in [0.5, 0.6) is 0 Å². The first-order valence-electron chi connectivity index (χ1n) is 7.54. The van der Waals surface area contributed by atoms with Gasteiger partial charge in [0.05, 0.1) is 12.7 Å². The van der Waals surface area contributed by atoms with E-state index in [0.717, 1.165) is 24.1 Å². The van der Waals surface area contributed by atoms with Crippen LogP contribution < -0.4 is 5.73 Å². The summed E-state index contributed by atoms with van der Waals surface area (Å²) in [6.45, 7) is 4.81. The fourth-order valence-electron chi connectivity index (χ4n) is 2.36. The van der Waals surface area contributed by atoms with Gasteiger partial charge in [0.25, 0.3) is 0 Å². The maximum atomic E-state index is 6.24. The van der Waals surface area contributed by atoms with Gasteiger partial charge in [0.2, 0.25) is 0 Å². The number of nitrogens with two attached hydrogens (primary N) is 1. The molecule has 1 aromatic carbocycles. The van der Waals surface area contributed by atoms with E-state index in [9.17, 15) is 0 Å². The molecule has 0 bridgehead atoms. The van der Waals surface area contributed by atoms with Crippen molar-refractivity contribution >= 4 is 0 Å². The Balaban J connectivity index is 2.00.